The molecule has 0 unspecified atom stereocenters. The van der Waals surface area contributed by atoms with Gasteiger partial charge in [0.05, 0.1) is 0 Å². The van der Waals surface area contributed by atoms with Crippen molar-refractivity contribution in [1.82, 2.24) is 4.90 Å². The number of hydrogen-bond acceptors (Lipinski definition) is 2. The maximum absolute atomic E-state index is 13.2. The molecular formula is C13H18ClFN2O. The van der Waals surface area contributed by atoms with E-state index in [4.69, 9.17) is 5.73 Å². The molecule has 0 saturated carbocycles. The molecule has 1 amide bonds. The topological polar surface area (TPSA) is 46.3 Å². The fourth-order valence-electron chi connectivity index (χ4n) is 2.19. The zero-order valence-electron chi connectivity index (χ0n) is 10.4. The number of nitrogens with zero attached hydrogens (tertiary/aromatic N) is 1. The van der Waals surface area contributed by atoms with E-state index in [1.807, 2.05) is 6.92 Å². The standard InChI is InChI=1S/C13H17FN2O.ClH/c1-9-4-5-10(14)7-12(9)13(17)16-6-2-3-11(15)8-16;/h4-5,7,11H,2-3,6,8,15H2,1H3;1H/t11-;/m1./s1. The monoisotopic (exact) mass is 272 g/mol. The quantitative estimate of drug-likeness (QED) is 0.851. The summed E-state index contributed by atoms with van der Waals surface area (Å²) >= 11 is 0. The lowest BCUT2D eigenvalue weighted by Gasteiger charge is -2.31. The van der Waals surface area contributed by atoms with Crippen LogP contribution in [0.2, 0.25) is 0 Å². The molecule has 1 aromatic carbocycles. The van der Waals surface area contributed by atoms with Gasteiger partial charge in [-0.25, -0.2) is 4.39 Å². The Morgan fingerprint density at radius 1 is 1.50 bits per heavy atom. The normalized spacial score (nSPS) is 19.3. The van der Waals surface area contributed by atoms with Crippen LogP contribution in [0.15, 0.2) is 18.2 Å². The second-order valence-electron chi connectivity index (χ2n) is 4.61. The van der Waals surface area contributed by atoms with Gasteiger partial charge in [-0.2, -0.15) is 0 Å². The first kappa shape index (κ1) is 14.9. The van der Waals surface area contributed by atoms with Crippen LogP contribution >= 0.6 is 12.4 Å². The van der Waals surface area contributed by atoms with Crippen LogP contribution in [0.3, 0.4) is 0 Å². The summed E-state index contributed by atoms with van der Waals surface area (Å²) in [6.45, 7) is 3.09. The van der Waals surface area contributed by atoms with Crippen LogP contribution in [0.5, 0.6) is 0 Å². The maximum atomic E-state index is 13.2. The molecule has 0 bridgehead atoms. The van der Waals surface area contributed by atoms with Crippen molar-refractivity contribution in [3.8, 4) is 0 Å². The molecule has 1 aliphatic heterocycles. The van der Waals surface area contributed by atoms with E-state index in [1.54, 1.807) is 11.0 Å². The van der Waals surface area contributed by atoms with Crippen molar-refractivity contribution >= 4 is 18.3 Å². The molecule has 5 heteroatoms. The number of aryl methyl sites for hydroxylation is 1. The molecule has 0 aromatic heterocycles. The van der Waals surface area contributed by atoms with Gasteiger partial charge in [0.15, 0.2) is 0 Å². The Balaban J connectivity index is 0.00000162. The van der Waals surface area contributed by atoms with Gasteiger partial charge in [0.25, 0.3) is 5.91 Å². The Labute approximate surface area is 113 Å². The van der Waals surface area contributed by atoms with E-state index in [0.29, 0.717) is 18.7 Å². The zero-order valence-corrected chi connectivity index (χ0v) is 11.2. The molecule has 1 aromatic rings. The number of rotatable bonds is 1. The number of carbonyl (C=O) groups excluding carboxylic acids is 1. The van der Waals surface area contributed by atoms with Gasteiger partial charge >= 0.3 is 0 Å². The summed E-state index contributed by atoms with van der Waals surface area (Å²) in [4.78, 5) is 13.9. The van der Waals surface area contributed by atoms with Gasteiger partial charge in [0.1, 0.15) is 5.82 Å². The summed E-state index contributed by atoms with van der Waals surface area (Å²) in [6.07, 6.45) is 1.87. The van der Waals surface area contributed by atoms with Crippen molar-refractivity contribution in [2.75, 3.05) is 13.1 Å². The lowest BCUT2D eigenvalue weighted by Crippen LogP contribution is -2.45. The fraction of sp³-hybridized carbons (Fsp3) is 0.462. The number of benzene rings is 1. The average Bonchev–Trinajstić information content (AvgIpc) is 2.31. The Morgan fingerprint density at radius 2 is 2.22 bits per heavy atom. The third kappa shape index (κ3) is 3.21. The minimum absolute atomic E-state index is 0. The highest BCUT2D eigenvalue weighted by molar-refractivity contribution is 5.95. The molecule has 1 heterocycles. The Kier molecular flexibility index (Phi) is 5.11. The van der Waals surface area contributed by atoms with Gasteiger partial charge in [-0.3, -0.25) is 4.79 Å². The van der Waals surface area contributed by atoms with E-state index >= 15 is 0 Å². The van der Waals surface area contributed by atoms with Crippen molar-refractivity contribution in [3.05, 3.63) is 35.1 Å². The summed E-state index contributed by atoms with van der Waals surface area (Å²) in [5, 5.41) is 0. The van der Waals surface area contributed by atoms with Crippen molar-refractivity contribution in [1.29, 1.82) is 0 Å². The molecule has 0 radical (unpaired) electrons. The van der Waals surface area contributed by atoms with Crippen LogP contribution in [-0.4, -0.2) is 29.9 Å². The van der Waals surface area contributed by atoms with Crippen LogP contribution in [0.4, 0.5) is 4.39 Å². The number of nitrogens with two attached hydrogens (primary N) is 1. The third-order valence-corrected chi connectivity index (χ3v) is 3.18. The molecule has 1 aliphatic rings. The second-order valence-corrected chi connectivity index (χ2v) is 4.61. The van der Waals surface area contributed by atoms with Crippen LogP contribution in [0.25, 0.3) is 0 Å². The van der Waals surface area contributed by atoms with E-state index in [1.165, 1.54) is 12.1 Å². The Hall–Kier alpha value is -1.13. The number of carbonyl (C=O) groups is 1. The minimum atomic E-state index is -0.375. The van der Waals surface area contributed by atoms with Crippen LogP contribution in [-0.2, 0) is 0 Å². The number of hydrogen-bond donors (Lipinski definition) is 1. The van der Waals surface area contributed by atoms with Gasteiger partial charge in [-0.1, -0.05) is 6.07 Å². The molecular weight excluding hydrogens is 255 g/mol. The van der Waals surface area contributed by atoms with E-state index in [-0.39, 0.29) is 30.2 Å². The smallest absolute Gasteiger partial charge is 0.254 e. The van der Waals surface area contributed by atoms with E-state index in [9.17, 15) is 9.18 Å². The Morgan fingerprint density at radius 3 is 2.89 bits per heavy atom. The predicted octanol–water partition coefficient (Wildman–Crippen LogP) is 2.12. The lowest BCUT2D eigenvalue weighted by molar-refractivity contribution is 0.0707. The van der Waals surface area contributed by atoms with Crippen molar-refractivity contribution in [2.45, 2.75) is 25.8 Å². The highest BCUT2D eigenvalue weighted by Gasteiger charge is 2.23. The maximum Gasteiger partial charge on any atom is 0.254 e. The summed E-state index contributed by atoms with van der Waals surface area (Å²) in [5.41, 5.74) is 7.09. The van der Waals surface area contributed by atoms with Gasteiger partial charge in [0, 0.05) is 24.7 Å². The average molecular weight is 273 g/mol. The first-order chi connectivity index (χ1) is 8.08. The van der Waals surface area contributed by atoms with E-state index in [2.05, 4.69) is 0 Å². The number of piperidine rings is 1. The van der Waals surface area contributed by atoms with Crippen LogP contribution in [0.1, 0.15) is 28.8 Å². The largest absolute Gasteiger partial charge is 0.337 e. The fourth-order valence-corrected chi connectivity index (χ4v) is 2.19. The molecule has 100 valence electrons. The first-order valence-electron chi connectivity index (χ1n) is 5.89. The lowest BCUT2D eigenvalue weighted by atomic mass is 10.0. The second kappa shape index (κ2) is 6.16. The molecule has 0 spiro atoms. The molecule has 1 atom stereocenters. The summed E-state index contributed by atoms with van der Waals surface area (Å²) in [6, 6.07) is 4.35. The molecule has 0 aliphatic carbocycles. The SMILES string of the molecule is Cc1ccc(F)cc1C(=O)N1CCC[C@@H](N)C1.Cl. The van der Waals surface area contributed by atoms with Crippen LogP contribution < -0.4 is 5.73 Å². The van der Waals surface area contributed by atoms with Gasteiger partial charge in [0.2, 0.25) is 0 Å². The first-order valence-corrected chi connectivity index (χ1v) is 5.89. The van der Waals surface area contributed by atoms with Crippen molar-refractivity contribution < 1.29 is 9.18 Å². The van der Waals surface area contributed by atoms with Crippen molar-refractivity contribution in [2.24, 2.45) is 5.73 Å². The molecule has 1 saturated heterocycles. The highest BCUT2D eigenvalue weighted by Crippen LogP contribution is 2.16. The predicted molar refractivity (Wildman–Crippen MR) is 71.5 cm³/mol. The molecule has 3 nitrogen and oxygen atoms in total. The Bertz CT molecular complexity index is 439. The van der Waals surface area contributed by atoms with Crippen LogP contribution in [0, 0.1) is 12.7 Å². The van der Waals surface area contributed by atoms with Gasteiger partial charge < -0.3 is 10.6 Å². The highest BCUT2D eigenvalue weighted by atomic mass is 35.5. The third-order valence-electron chi connectivity index (χ3n) is 3.18. The van der Waals surface area contributed by atoms with E-state index < -0.39 is 0 Å². The number of likely N-dealkylation sites (tertiary alicyclic amines) is 1. The summed E-state index contributed by atoms with van der Waals surface area (Å²) in [5.74, 6) is -0.489. The molecule has 2 rings (SSSR count). The number of halogens is 2. The molecule has 18 heavy (non-hydrogen) atoms. The zero-order chi connectivity index (χ0) is 12.4. The van der Waals surface area contributed by atoms with Crippen molar-refractivity contribution in [3.63, 3.8) is 0 Å². The molecule has 1 fully saturated rings. The number of amides is 1. The summed E-state index contributed by atoms with van der Waals surface area (Å²) in [7, 11) is 0. The van der Waals surface area contributed by atoms with E-state index in [0.717, 1.165) is 18.4 Å². The summed E-state index contributed by atoms with van der Waals surface area (Å²) < 4.78 is 13.2. The molecule has 2 N–H and O–H groups in total. The van der Waals surface area contributed by atoms with Gasteiger partial charge in [-0.05, 0) is 37.5 Å². The van der Waals surface area contributed by atoms with Gasteiger partial charge in [-0.15, -0.1) is 12.4 Å². The minimum Gasteiger partial charge on any atom is -0.337 e.